The molecule has 0 aliphatic rings. The molecule has 1 unspecified atom stereocenters. The molecule has 2 rings (SSSR count). The van der Waals surface area contributed by atoms with E-state index in [9.17, 15) is 9.59 Å². The van der Waals surface area contributed by atoms with E-state index in [4.69, 9.17) is 0 Å². The van der Waals surface area contributed by atoms with Gasteiger partial charge in [0, 0.05) is 24.0 Å². The standard InChI is InChI=1S/C18H22N4O2/c1-4-17(23)21-16-9-7-6-8-14(16)10-18(24)20-13(3)15-11-19-22(5-2)12-15/h4,6-9,11-13H,1,5,10H2,2-3H3,(H,20,24)(H,21,23). The van der Waals surface area contributed by atoms with E-state index in [-0.39, 0.29) is 24.3 Å². The first-order chi connectivity index (χ1) is 11.5. The fraction of sp³-hybridized carbons (Fsp3) is 0.278. The predicted octanol–water partition coefficient (Wildman–Crippen LogP) is 2.45. The number of nitrogens with zero attached hydrogens (tertiary/aromatic N) is 2. The molecule has 0 saturated heterocycles. The van der Waals surface area contributed by atoms with Crippen LogP contribution in [0.5, 0.6) is 0 Å². The van der Waals surface area contributed by atoms with Crippen molar-refractivity contribution in [2.75, 3.05) is 5.32 Å². The molecule has 0 bridgehead atoms. The van der Waals surface area contributed by atoms with Gasteiger partial charge < -0.3 is 10.6 Å². The maximum Gasteiger partial charge on any atom is 0.247 e. The highest BCUT2D eigenvalue weighted by molar-refractivity contribution is 5.99. The molecule has 0 fully saturated rings. The van der Waals surface area contributed by atoms with Gasteiger partial charge in [-0.2, -0.15) is 5.10 Å². The average molecular weight is 326 g/mol. The lowest BCUT2D eigenvalue weighted by Crippen LogP contribution is -2.28. The second kappa shape index (κ2) is 8.10. The molecule has 2 amide bonds. The van der Waals surface area contributed by atoms with Crippen molar-refractivity contribution in [3.05, 3.63) is 60.4 Å². The van der Waals surface area contributed by atoms with Crippen molar-refractivity contribution in [1.29, 1.82) is 0 Å². The van der Waals surface area contributed by atoms with Crippen LogP contribution in [0.2, 0.25) is 0 Å². The SMILES string of the molecule is C=CC(=O)Nc1ccccc1CC(=O)NC(C)c1cnn(CC)c1. The minimum absolute atomic E-state index is 0.118. The van der Waals surface area contributed by atoms with Crippen molar-refractivity contribution in [2.24, 2.45) is 0 Å². The number of hydrogen-bond donors (Lipinski definition) is 2. The molecule has 1 aromatic heterocycles. The number of hydrogen-bond acceptors (Lipinski definition) is 3. The first kappa shape index (κ1) is 17.5. The summed E-state index contributed by atoms with van der Waals surface area (Å²) in [6.45, 7) is 8.14. The van der Waals surface area contributed by atoms with Gasteiger partial charge in [0.2, 0.25) is 11.8 Å². The van der Waals surface area contributed by atoms with Gasteiger partial charge in [-0.25, -0.2) is 0 Å². The second-order valence-electron chi connectivity index (χ2n) is 5.45. The van der Waals surface area contributed by atoms with Crippen LogP contribution in [0, 0.1) is 0 Å². The highest BCUT2D eigenvalue weighted by Crippen LogP contribution is 2.17. The molecule has 0 saturated carbocycles. The van der Waals surface area contributed by atoms with E-state index in [2.05, 4.69) is 22.3 Å². The van der Waals surface area contributed by atoms with Crippen molar-refractivity contribution >= 4 is 17.5 Å². The molecule has 0 aliphatic carbocycles. The maximum atomic E-state index is 12.3. The zero-order valence-electron chi connectivity index (χ0n) is 14.0. The first-order valence-corrected chi connectivity index (χ1v) is 7.86. The Labute approximate surface area is 141 Å². The van der Waals surface area contributed by atoms with E-state index in [1.165, 1.54) is 6.08 Å². The van der Waals surface area contributed by atoms with Crippen LogP contribution in [0.15, 0.2) is 49.3 Å². The highest BCUT2D eigenvalue weighted by atomic mass is 16.2. The molecule has 0 spiro atoms. The van der Waals surface area contributed by atoms with Crippen molar-refractivity contribution in [3.63, 3.8) is 0 Å². The lowest BCUT2D eigenvalue weighted by atomic mass is 10.1. The minimum atomic E-state index is -0.303. The van der Waals surface area contributed by atoms with Crippen LogP contribution in [0.25, 0.3) is 0 Å². The van der Waals surface area contributed by atoms with E-state index < -0.39 is 0 Å². The summed E-state index contributed by atoms with van der Waals surface area (Å²) in [6.07, 6.45) is 5.06. The van der Waals surface area contributed by atoms with Crippen LogP contribution in [0.1, 0.15) is 31.0 Å². The van der Waals surface area contributed by atoms with Crippen LogP contribution in [-0.4, -0.2) is 21.6 Å². The number of carbonyl (C=O) groups excluding carboxylic acids is 2. The van der Waals surface area contributed by atoms with E-state index >= 15 is 0 Å². The molecule has 2 N–H and O–H groups in total. The smallest absolute Gasteiger partial charge is 0.247 e. The lowest BCUT2D eigenvalue weighted by molar-refractivity contribution is -0.121. The zero-order valence-corrected chi connectivity index (χ0v) is 14.0. The van der Waals surface area contributed by atoms with E-state index in [0.29, 0.717) is 5.69 Å². The van der Waals surface area contributed by atoms with Crippen LogP contribution < -0.4 is 10.6 Å². The van der Waals surface area contributed by atoms with Gasteiger partial charge in [-0.3, -0.25) is 14.3 Å². The van der Waals surface area contributed by atoms with Crippen molar-refractivity contribution in [3.8, 4) is 0 Å². The van der Waals surface area contributed by atoms with Crippen LogP contribution in [0.4, 0.5) is 5.69 Å². The topological polar surface area (TPSA) is 76.0 Å². The summed E-state index contributed by atoms with van der Waals surface area (Å²) < 4.78 is 1.82. The monoisotopic (exact) mass is 326 g/mol. The van der Waals surface area contributed by atoms with Crippen molar-refractivity contribution < 1.29 is 9.59 Å². The zero-order chi connectivity index (χ0) is 17.5. The fourth-order valence-electron chi connectivity index (χ4n) is 2.31. The molecule has 2 aromatic rings. The Morgan fingerprint density at radius 1 is 1.38 bits per heavy atom. The van der Waals surface area contributed by atoms with Gasteiger partial charge in [-0.1, -0.05) is 24.8 Å². The number of rotatable bonds is 7. The van der Waals surface area contributed by atoms with E-state index in [1.54, 1.807) is 12.3 Å². The second-order valence-corrected chi connectivity index (χ2v) is 5.45. The molecule has 1 heterocycles. The summed E-state index contributed by atoms with van der Waals surface area (Å²) in [6, 6.07) is 7.09. The molecule has 6 nitrogen and oxygen atoms in total. The van der Waals surface area contributed by atoms with Gasteiger partial charge in [-0.15, -0.1) is 0 Å². The van der Waals surface area contributed by atoms with Crippen LogP contribution in [0.3, 0.4) is 0 Å². The Bertz CT molecular complexity index is 736. The summed E-state index contributed by atoms with van der Waals surface area (Å²) in [5.41, 5.74) is 2.32. The predicted molar refractivity (Wildman–Crippen MR) is 93.4 cm³/mol. The summed E-state index contributed by atoms with van der Waals surface area (Å²) in [7, 11) is 0. The number of aromatic nitrogens is 2. The molecule has 1 atom stereocenters. The van der Waals surface area contributed by atoms with Gasteiger partial charge in [-0.05, 0) is 31.6 Å². The molecular formula is C18H22N4O2. The fourth-order valence-corrected chi connectivity index (χ4v) is 2.31. The third-order valence-corrected chi connectivity index (χ3v) is 3.67. The molecule has 0 radical (unpaired) electrons. The van der Waals surface area contributed by atoms with Gasteiger partial charge >= 0.3 is 0 Å². The Balaban J connectivity index is 2.01. The summed E-state index contributed by atoms with van der Waals surface area (Å²) in [5.74, 6) is -0.421. The molecule has 1 aromatic carbocycles. The third-order valence-electron chi connectivity index (χ3n) is 3.67. The number of benzene rings is 1. The molecular weight excluding hydrogens is 304 g/mol. The largest absolute Gasteiger partial charge is 0.349 e. The summed E-state index contributed by atoms with van der Waals surface area (Å²) >= 11 is 0. The third kappa shape index (κ3) is 4.55. The molecule has 126 valence electrons. The lowest BCUT2D eigenvalue weighted by Gasteiger charge is -2.14. The summed E-state index contributed by atoms with van der Waals surface area (Å²) in [5, 5.41) is 9.87. The van der Waals surface area contributed by atoms with Gasteiger partial charge in [0.15, 0.2) is 0 Å². The van der Waals surface area contributed by atoms with Crippen molar-refractivity contribution in [1.82, 2.24) is 15.1 Å². The van der Waals surface area contributed by atoms with E-state index in [1.807, 2.05) is 42.9 Å². The number of nitrogens with one attached hydrogen (secondary N) is 2. The Morgan fingerprint density at radius 3 is 2.79 bits per heavy atom. The number of para-hydroxylation sites is 1. The Hall–Kier alpha value is -2.89. The summed E-state index contributed by atoms with van der Waals surface area (Å²) in [4.78, 5) is 23.8. The minimum Gasteiger partial charge on any atom is -0.349 e. The quantitative estimate of drug-likeness (QED) is 0.767. The van der Waals surface area contributed by atoms with Crippen molar-refractivity contribution in [2.45, 2.75) is 32.9 Å². The molecule has 6 heteroatoms. The number of carbonyl (C=O) groups is 2. The maximum absolute atomic E-state index is 12.3. The number of aryl methyl sites for hydroxylation is 1. The molecule has 0 aliphatic heterocycles. The highest BCUT2D eigenvalue weighted by Gasteiger charge is 2.14. The van der Waals surface area contributed by atoms with Gasteiger partial charge in [0.05, 0.1) is 18.7 Å². The van der Waals surface area contributed by atoms with Gasteiger partial charge in [0.1, 0.15) is 0 Å². The van der Waals surface area contributed by atoms with Gasteiger partial charge in [0.25, 0.3) is 0 Å². The number of amides is 2. The van der Waals surface area contributed by atoms with Crippen LogP contribution in [-0.2, 0) is 22.6 Å². The Morgan fingerprint density at radius 2 is 2.12 bits per heavy atom. The average Bonchev–Trinajstić information content (AvgIpc) is 3.05. The van der Waals surface area contributed by atoms with Crippen LogP contribution >= 0.6 is 0 Å². The normalized spacial score (nSPS) is 11.6. The Kier molecular flexibility index (Phi) is 5.89. The number of anilines is 1. The van der Waals surface area contributed by atoms with E-state index in [0.717, 1.165) is 17.7 Å². The molecule has 24 heavy (non-hydrogen) atoms. The first-order valence-electron chi connectivity index (χ1n) is 7.86.